The van der Waals surface area contributed by atoms with Crippen molar-refractivity contribution in [3.63, 3.8) is 0 Å². The van der Waals surface area contributed by atoms with Gasteiger partial charge in [-0.05, 0) is 0 Å². The van der Waals surface area contributed by atoms with Gasteiger partial charge in [-0.1, -0.05) is 30.7 Å². The molecule has 0 saturated heterocycles. The molecule has 5 N–H and O–H groups in total. The first-order chi connectivity index (χ1) is 6.88. The zero-order chi connectivity index (χ0) is 11.2. The van der Waals surface area contributed by atoms with Gasteiger partial charge in [-0.3, -0.25) is 5.10 Å². The molecule has 0 spiro atoms. The van der Waals surface area contributed by atoms with Crippen molar-refractivity contribution >= 4 is 17.5 Å². The molecule has 2 aromatic heterocycles. The Hall–Kier alpha value is -1.85. The molecule has 0 atom stereocenters. The number of nitrogens with one attached hydrogen (secondary N) is 1. The standard InChI is InChI=1S/C9H14N6/c1-9(2,3)5-4-6-12-7(10)13-8(11)15(6)14-5/h4H,1-3H3,(H4,10,11,12,13,14)/p+1. The van der Waals surface area contributed by atoms with E-state index in [4.69, 9.17) is 11.5 Å². The van der Waals surface area contributed by atoms with E-state index >= 15 is 0 Å². The second kappa shape index (κ2) is 2.82. The first kappa shape index (κ1) is 9.70. The molecule has 0 unspecified atom stereocenters. The maximum absolute atomic E-state index is 5.71. The van der Waals surface area contributed by atoms with E-state index in [-0.39, 0.29) is 11.4 Å². The van der Waals surface area contributed by atoms with Crippen LogP contribution in [-0.2, 0) is 5.41 Å². The van der Waals surface area contributed by atoms with Crippen LogP contribution in [-0.4, -0.2) is 15.1 Å². The molecular formula is C9H15N6+. The zero-order valence-corrected chi connectivity index (χ0v) is 9.07. The minimum Gasteiger partial charge on any atom is -0.346 e. The molecule has 0 aliphatic rings. The molecular weight excluding hydrogens is 192 g/mol. The van der Waals surface area contributed by atoms with E-state index in [0.29, 0.717) is 11.6 Å². The van der Waals surface area contributed by atoms with Crippen molar-refractivity contribution in [3.8, 4) is 0 Å². The minimum absolute atomic E-state index is 0.00883. The van der Waals surface area contributed by atoms with Crippen molar-refractivity contribution in [2.75, 3.05) is 11.5 Å². The number of hydrogen-bond acceptors (Lipinski definition) is 4. The number of aromatic amines is 1. The number of anilines is 2. The summed E-state index contributed by atoms with van der Waals surface area (Å²) in [4.78, 5) is 7.96. The van der Waals surface area contributed by atoms with Gasteiger partial charge in [0.15, 0.2) is 0 Å². The van der Waals surface area contributed by atoms with E-state index in [1.807, 2.05) is 6.07 Å². The summed E-state index contributed by atoms with van der Waals surface area (Å²) in [6.45, 7) is 6.31. The van der Waals surface area contributed by atoms with E-state index in [0.717, 1.165) is 5.69 Å². The van der Waals surface area contributed by atoms with E-state index in [2.05, 4.69) is 35.8 Å². The second-order valence-corrected chi connectivity index (χ2v) is 4.55. The lowest BCUT2D eigenvalue weighted by Gasteiger charge is -2.14. The molecule has 0 saturated carbocycles. The number of rotatable bonds is 0. The summed E-state index contributed by atoms with van der Waals surface area (Å²) in [7, 11) is 0. The third-order valence-electron chi connectivity index (χ3n) is 2.23. The molecule has 0 amide bonds. The maximum atomic E-state index is 5.71. The Morgan fingerprint density at radius 3 is 2.53 bits per heavy atom. The van der Waals surface area contributed by atoms with Gasteiger partial charge >= 0.3 is 11.9 Å². The van der Waals surface area contributed by atoms with Crippen LogP contribution in [0.25, 0.3) is 5.65 Å². The lowest BCUT2D eigenvalue weighted by atomic mass is 9.93. The van der Waals surface area contributed by atoms with Gasteiger partial charge < -0.3 is 11.5 Å². The van der Waals surface area contributed by atoms with Crippen LogP contribution in [0.2, 0.25) is 0 Å². The molecule has 0 aliphatic heterocycles. The number of aromatic nitrogens is 4. The fourth-order valence-corrected chi connectivity index (χ4v) is 1.35. The molecule has 0 bridgehead atoms. The SMILES string of the molecule is CC(C)(C)c1cc2nc(N)nc(N)[n+]2[nH]1. The quantitative estimate of drug-likeness (QED) is 0.530. The summed E-state index contributed by atoms with van der Waals surface area (Å²) in [6, 6.07) is 1.92. The fourth-order valence-electron chi connectivity index (χ4n) is 1.35. The summed E-state index contributed by atoms with van der Waals surface area (Å²) >= 11 is 0. The lowest BCUT2D eigenvalue weighted by Crippen LogP contribution is -2.31. The van der Waals surface area contributed by atoms with Crippen LogP contribution in [0, 0.1) is 0 Å². The van der Waals surface area contributed by atoms with Crippen LogP contribution in [0.3, 0.4) is 0 Å². The molecule has 6 heteroatoms. The second-order valence-electron chi connectivity index (χ2n) is 4.55. The van der Waals surface area contributed by atoms with Crippen LogP contribution in [0.15, 0.2) is 6.07 Å². The monoisotopic (exact) mass is 207 g/mol. The average molecular weight is 207 g/mol. The normalized spacial score (nSPS) is 12.2. The average Bonchev–Trinajstić information content (AvgIpc) is 2.46. The molecule has 80 valence electrons. The van der Waals surface area contributed by atoms with Gasteiger partial charge in [0.25, 0.3) is 5.65 Å². The molecule has 0 aromatic carbocycles. The van der Waals surface area contributed by atoms with E-state index < -0.39 is 0 Å². The molecule has 0 fully saturated rings. The molecule has 0 radical (unpaired) electrons. The fraction of sp³-hybridized carbons (Fsp3) is 0.444. The molecule has 2 heterocycles. The predicted molar refractivity (Wildman–Crippen MR) is 57.1 cm³/mol. The Bertz CT molecular complexity index is 507. The van der Waals surface area contributed by atoms with Gasteiger partial charge in [0, 0.05) is 11.5 Å². The zero-order valence-electron chi connectivity index (χ0n) is 9.07. The van der Waals surface area contributed by atoms with Gasteiger partial charge in [0.05, 0.1) is 5.69 Å². The smallest absolute Gasteiger partial charge is 0.346 e. The minimum atomic E-state index is 0.00883. The highest BCUT2D eigenvalue weighted by atomic mass is 15.3. The van der Waals surface area contributed by atoms with Gasteiger partial charge in [0.1, 0.15) is 0 Å². The Kier molecular flexibility index (Phi) is 1.82. The number of fused-ring (bicyclic) bond motifs is 1. The van der Waals surface area contributed by atoms with Crippen LogP contribution in [0.4, 0.5) is 11.9 Å². The summed E-state index contributed by atoms with van der Waals surface area (Å²) in [6.07, 6.45) is 0. The highest BCUT2D eigenvalue weighted by Gasteiger charge is 2.21. The van der Waals surface area contributed by atoms with E-state index in [9.17, 15) is 0 Å². The van der Waals surface area contributed by atoms with E-state index in [1.54, 1.807) is 4.52 Å². The summed E-state index contributed by atoms with van der Waals surface area (Å²) in [5, 5.41) is 3.14. The van der Waals surface area contributed by atoms with Crippen LogP contribution >= 0.6 is 0 Å². The van der Waals surface area contributed by atoms with Crippen LogP contribution < -0.4 is 16.0 Å². The Morgan fingerprint density at radius 2 is 1.93 bits per heavy atom. The number of H-pyrrole nitrogens is 1. The first-order valence-electron chi connectivity index (χ1n) is 4.72. The Labute approximate surface area is 87.3 Å². The maximum Gasteiger partial charge on any atom is 0.371 e. The number of nitrogens with zero attached hydrogens (tertiary/aromatic N) is 3. The molecule has 2 rings (SSSR count). The third kappa shape index (κ3) is 1.58. The Balaban J connectivity index is 2.71. The van der Waals surface area contributed by atoms with Crippen molar-refractivity contribution in [3.05, 3.63) is 11.8 Å². The number of nitrogen functional groups attached to an aromatic ring is 2. The summed E-state index contributed by atoms with van der Waals surface area (Å²) < 4.78 is 1.62. The summed E-state index contributed by atoms with van der Waals surface area (Å²) in [5.74, 6) is 0.500. The van der Waals surface area contributed by atoms with Crippen molar-refractivity contribution in [2.45, 2.75) is 26.2 Å². The molecule has 6 nitrogen and oxygen atoms in total. The number of hydrogen-bond donors (Lipinski definition) is 3. The van der Waals surface area contributed by atoms with Crippen molar-refractivity contribution in [2.24, 2.45) is 0 Å². The van der Waals surface area contributed by atoms with Gasteiger partial charge in [-0.25, -0.2) is 0 Å². The third-order valence-corrected chi connectivity index (χ3v) is 2.23. The topological polar surface area (TPSA) is 97.7 Å². The van der Waals surface area contributed by atoms with Gasteiger partial charge in [-0.2, -0.15) is 0 Å². The largest absolute Gasteiger partial charge is 0.371 e. The molecule has 2 aromatic rings. The van der Waals surface area contributed by atoms with Crippen molar-refractivity contribution < 1.29 is 4.52 Å². The van der Waals surface area contributed by atoms with E-state index in [1.165, 1.54) is 0 Å². The van der Waals surface area contributed by atoms with Gasteiger partial charge in [0.2, 0.25) is 0 Å². The molecule has 0 aliphatic carbocycles. The highest BCUT2D eigenvalue weighted by Crippen LogP contribution is 2.19. The van der Waals surface area contributed by atoms with Gasteiger partial charge in [-0.15, -0.1) is 4.52 Å². The highest BCUT2D eigenvalue weighted by molar-refractivity contribution is 5.39. The lowest BCUT2D eigenvalue weighted by molar-refractivity contribution is -0.567. The van der Waals surface area contributed by atoms with Crippen molar-refractivity contribution in [1.82, 2.24) is 15.1 Å². The first-order valence-corrected chi connectivity index (χ1v) is 4.72. The summed E-state index contributed by atoms with van der Waals surface area (Å²) in [5.41, 5.74) is 13.0. The van der Waals surface area contributed by atoms with Crippen molar-refractivity contribution in [1.29, 1.82) is 0 Å². The molecule has 15 heavy (non-hydrogen) atoms. The number of nitrogens with two attached hydrogens (primary N) is 2. The van der Waals surface area contributed by atoms with Crippen LogP contribution in [0.1, 0.15) is 26.5 Å². The van der Waals surface area contributed by atoms with Crippen LogP contribution in [0.5, 0.6) is 0 Å². The predicted octanol–water partition coefficient (Wildman–Crippen LogP) is 0.00530. The Morgan fingerprint density at radius 1 is 1.27 bits per heavy atom.